The highest BCUT2D eigenvalue weighted by molar-refractivity contribution is 7.12. The Labute approximate surface area is 143 Å². The molecule has 23 heavy (non-hydrogen) atoms. The van der Waals surface area contributed by atoms with Crippen LogP contribution >= 0.6 is 11.3 Å². The molecule has 1 amide bonds. The molecule has 1 aromatic rings. The molecule has 3 fully saturated rings. The Hall–Kier alpha value is -1.17. The lowest BCUT2D eigenvalue weighted by atomic mass is 9.75. The maximum Gasteiger partial charge on any atom is 0.261 e. The van der Waals surface area contributed by atoms with Crippen LogP contribution in [0.4, 0.5) is 0 Å². The Morgan fingerprint density at radius 3 is 3.13 bits per heavy atom. The van der Waals surface area contributed by atoms with Crippen LogP contribution in [0.2, 0.25) is 0 Å². The van der Waals surface area contributed by atoms with Crippen molar-refractivity contribution in [2.45, 2.75) is 18.9 Å². The number of hydrogen-bond donors (Lipinski definition) is 1. The Morgan fingerprint density at radius 2 is 2.48 bits per heavy atom. The van der Waals surface area contributed by atoms with Crippen LogP contribution in [0, 0.1) is 11.8 Å². The van der Waals surface area contributed by atoms with E-state index in [9.17, 15) is 4.79 Å². The van der Waals surface area contributed by atoms with E-state index in [0.29, 0.717) is 6.04 Å². The van der Waals surface area contributed by atoms with E-state index < -0.39 is 0 Å². The van der Waals surface area contributed by atoms with Gasteiger partial charge in [-0.3, -0.25) is 9.69 Å². The van der Waals surface area contributed by atoms with Crippen LogP contribution in [-0.2, 0) is 0 Å². The summed E-state index contributed by atoms with van der Waals surface area (Å²) in [5.41, 5.74) is 0. The van der Waals surface area contributed by atoms with Gasteiger partial charge in [-0.15, -0.1) is 17.9 Å². The van der Waals surface area contributed by atoms with Crippen molar-refractivity contribution in [2.75, 3.05) is 39.8 Å². The van der Waals surface area contributed by atoms with E-state index in [0.717, 1.165) is 36.3 Å². The van der Waals surface area contributed by atoms with Gasteiger partial charge < -0.3 is 10.2 Å². The summed E-state index contributed by atoms with van der Waals surface area (Å²) in [6, 6.07) is 4.33. The minimum absolute atomic E-state index is 0.0740. The molecular formula is C18H27N3OS. The van der Waals surface area contributed by atoms with Crippen molar-refractivity contribution in [3.8, 4) is 0 Å². The molecule has 3 aliphatic rings. The van der Waals surface area contributed by atoms with Gasteiger partial charge in [0.05, 0.1) is 4.88 Å². The number of likely N-dealkylation sites (N-methyl/N-ethyl adjacent to an activating group) is 1. The van der Waals surface area contributed by atoms with Gasteiger partial charge in [0.2, 0.25) is 0 Å². The third-order valence-electron chi connectivity index (χ3n) is 5.24. The van der Waals surface area contributed by atoms with Crippen LogP contribution in [0.5, 0.6) is 0 Å². The highest BCUT2D eigenvalue weighted by atomic mass is 32.1. The fraction of sp³-hybridized carbons (Fsp3) is 0.611. The van der Waals surface area contributed by atoms with Crippen molar-refractivity contribution < 1.29 is 4.79 Å². The highest BCUT2D eigenvalue weighted by Gasteiger charge is 2.40. The van der Waals surface area contributed by atoms with Gasteiger partial charge in [0.15, 0.2) is 0 Å². The summed E-state index contributed by atoms with van der Waals surface area (Å²) in [6.07, 6.45) is 4.50. The van der Waals surface area contributed by atoms with Crippen molar-refractivity contribution in [1.29, 1.82) is 0 Å². The molecule has 0 aromatic carbocycles. The quantitative estimate of drug-likeness (QED) is 0.778. The highest BCUT2D eigenvalue weighted by Crippen LogP contribution is 2.36. The molecule has 126 valence electrons. The molecule has 1 aromatic heterocycles. The van der Waals surface area contributed by atoms with Crippen LogP contribution in [0.1, 0.15) is 22.5 Å². The van der Waals surface area contributed by atoms with E-state index in [4.69, 9.17) is 0 Å². The Morgan fingerprint density at radius 1 is 1.61 bits per heavy atom. The predicted molar refractivity (Wildman–Crippen MR) is 95.9 cm³/mol. The lowest BCUT2D eigenvalue weighted by Gasteiger charge is -2.50. The van der Waals surface area contributed by atoms with Gasteiger partial charge >= 0.3 is 0 Å². The molecule has 2 bridgehead atoms. The number of nitrogens with zero attached hydrogens (tertiary/aromatic N) is 2. The molecule has 1 N–H and O–H groups in total. The fourth-order valence-corrected chi connectivity index (χ4v) is 4.71. The van der Waals surface area contributed by atoms with E-state index in [1.807, 2.05) is 23.6 Å². The van der Waals surface area contributed by atoms with Gasteiger partial charge in [-0.1, -0.05) is 12.1 Å². The summed E-state index contributed by atoms with van der Waals surface area (Å²) >= 11 is 1.51. The Kier molecular flexibility index (Phi) is 5.51. The molecule has 4 heterocycles. The monoisotopic (exact) mass is 333 g/mol. The first-order chi connectivity index (χ1) is 11.2. The number of carbonyl (C=O) groups is 1. The number of rotatable bonds is 7. The third-order valence-corrected chi connectivity index (χ3v) is 6.11. The van der Waals surface area contributed by atoms with Crippen LogP contribution in [0.3, 0.4) is 0 Å². The zero-order chi connectivity index (χ0) is 16.2. The van der Waals surface area contributed by atoms with Crippen molar-refractivity contribution in [1.82, 2.24) is 15.1 Å². The minimum Gasteiger partial charge on any atom is -0.350 e. The summed E-state index contributed by atoms with van der Waals surface area (Å²) in [7, 11) is 2.18. The molecule has 3 aliphatic heterocycles. The lowest BCUT2D eigenvalue weighted by Crippen LogP contribution is -2.58. The molecule has 3 saturated heterocycles. The zero-order valence-electron chi connectivity index (χ0n) is 13.9. The van der Waals surface area contributed by atoms with Crippen molar-refractivity contribution in [2.24, 2.45) is 11.8 Å². The van der Waals surface area contributed by atoms with E-state index in [1.54, 1.807) is 0 Å². The molecule has 0 radical (unpaired) electrons. The second-order valence-electron chi connectivity index (χ2n) is 6.89. The van der Waals surface area contributed by atoms with E-state index in [2.05, 4.69) is 28.7 Å². The maximum absolute atomic E-state index is 12.1. The molecule has 1 unspecified atom stereocenters. The van der Waals surface area contributed by atoms with E-state index in [1.165, 1.54) is 37.3 Å². The third kappa shape index (κ3) is 4.03. The van der Waals surface area contributed by atoms with Crippen LogP contribution in [0.25, 0.3) is 0 Å². The van der Waals surface area contributed by atoms with Gasteiger partial charge in [0, 0.05) is 32.2 Å². The van der Waals surface area contributed by atoms with Crippen molar-refractivity contribution in [3.63, 3.8) is 0 Å². The Balaban J connectivity index is 1.49. The topological polar surface area (TPSA) is 35.6 Å². The zero-order valence-corrected chi connectivity index (χ0v) is 14.7. The molecule has 4 nitrogen and oxygen atoms in total. The molecule has 4 atom stereocenters. The summed E-state index contributed by atoms with van der Waals surface area (Å²) < 4.78 is 0. The average molecular weight is 334 g/mol. The fourth-order valence-electron chi connectivity index (χ4n) is 4.07. The first-order valence-corrected chi connectivity index (χ1v) is 9.40. The lowest BCUT2D eigenvalue weighted by molar-refractivity contribution is -0.00777. The van der Waals surface area contributed by atoms with E-state index >= 15 is 0 Å². The molecule has 0 saturated carbocycles. The summed E-state index contributed by atoms with van der Waals surface area (Å²) in [5.74, 6) is 1.64. The number of fused-ring (bicyclic) bond motifs is 3. The SMILES string of the molecule is C=CCN(C)C[C@@H]1CN2CC[C@H]1C[C@@H]2CNC(=O)c1cccs1. The first-order valence-electron chi connectivity index (χ1n) is 8.52. The summed E-state index contributed by atoms with van der Waals surface area (Å²) in [6.45, 7) is 9.08. The second-order valence-corrected chi connectivity index (χ2v) is 7.84. The van der Waals surface area contributed by atoms with Gasteiger partial charge in [-0.25, -0.2) is 0 Å². The number of carbonyl (C=O) groups excluding carboxylic acids is 1. The first kappa shape index (κ1) is 16.7. The molecule has 0 aliphatic carbocycles. The largest absolute Gasteiger partial charge is 0.350 e. The second kappa shape index (κ2) is 7.60. The van der Waals surface area contributed by atoms with Crippen LogP contribution in [-0.4, -0.2) is 61.5 Å². The standard InChI is InChI=1S/C18H27N3OS/c1-3-7-20(2)12-15-13-21-8-6-14(15)10-16(21)11-19-18(22)17-5-4-9-23-17/h3-5,9,14-16H,1,6-8,10-13H2,2H3,(H,19,22)/t14-,15+,16+/m0/s1. The van der Waals surface area contributed by atoms with Crippen LogP contribution < -0.4 is 5.32 Å². The molecule has 5 heteroatoms. The maximum atomic E-state index is 12.1. The van der Waals surface area contributed by atoms with Crippen LogP contribution in [0.15, 0.2) is 30.2 Å². The predicted octanol–water partition coefficient (Wildman–Crippen LogP) is 2.31. The van der Waals surface area contributed by atoms with Gasteiger partial charge in [0.25, 0.3) is 5.91 Å². The molecule has 0 spiro atoms. The van der Waals surface area contributed by atoms with E-state index in [-0.39, 0.29) is 5.91 Å². The summed E-state index contributed by atoms with van der Waals surface area (Å²) in [4.78, 5) is 17.9. The smallest absolute Gasteiger partial charge is 0.261 e. The average Bonchev–Trinajstić information content (AvgIpc) is 3.08. The van der Waals surface area contributed by atoms with Crippen molar-refractivity contribution in [3.05, 3.63) is 35.0 Å². The van der Waals surface area contributed by atoms with Gasteiger partial charge in [-0.05, 0) is 49.7 Å². The number of amides is 1. The number of thiophene rings is 1. The Bertz CT molecular complexity index is 530. The minimum atomic E-state index is 0.0740. The van der Waals surface area contributed by atoms with Crippen molar-refractivity contribution >= 4 is 17.2 Å². The summed E-state index contributed by atoms with van der Waals surface area (Å²) in [5, 5.41) is 5.07. The molecular weight excluding hydrogens is 306 g/mol. The normalized spacial score (nSPS) is 29.7. The van der Waals surface area contributed by atoms with Gasteiger partial charge in [-0.2, -0.15) is 0 Å². The number of hydrogen-bond acceptors (Lipinski definition) is 4. The number of nitrogens with one attached hydrogen (secondary N) is 1. The van der Waals surface area contributed by atoms with Gasteiger partial charge in [0.1, 0.15) is 0 Å². The number of piperidine rings is 3. The molecule has 4 rings (SSSR count).